The van der Waals surface area contributed by atoms with Crippen LogP contribution in [-0.4, -0.2) is 22.6 Å². The fraction of sp³-hybridized carbons (Fsp3) is 0.789. The Morgan fingerprint density at radius 2 is 1.61 bits per heavy atom. The summed E-state index contributed by atoms with van der Waals surface area (Å²) in [6.07, 6.45) is 10.2. The number of rotatable bonds is 10. The zero-order chi connectivity index (χ0) is 18.3. The SMILES string of the molecule is C=CC(=O)OC(C)(C)C.CCCCCCCCC(CC)C(=O)O. The molecule has 0 fully saturated rings. The molecule has 23 heavy (non-hydrogen) atoms. The number of carbonyl (C=O) groups excluding carboxylic acids is 1. The lowest BCUT2D eigenvalue weighted by molar-refractivity contribution is -0.148. The summed E-state index contributed by atoms with van der Waals surface area (Å²) in [6, 6.07) is 0. The Morgan fingerprint density at radius 1 is 1.09 bits per heavy atom. The van der Waals surface area contributed by atoms with Crippen LogP contribution in [0.25, 0.3) is 0 Å². The van der Waals surface area contributed by atoms with Gasteiger partial charge in [-0.15, -0.1) is 0 Å². The number of esters is 1. The summed E-state index contributed by atoms with van der Waals surface area (Å²) in [5.41, 5.74) is -0.398. The number of carboxylic acid groups (broad SMARTS) is 1. The molecule has 0 aliphatic heterocycles. The lowest BCUT2D eigenvalue weighted by atomic mass is 9.98. The number of hydrogen-bond acceptors (Lipinski definition) is 3. The number of unbranched alkanes of at least 4 members (excludes halogenated alkanes) is 5. The molecule has 0 spiro atoms. The Hall–Kier alpha value is -1.32. The molecule has 136 valence electrons. The molecular formula is C19H36O4. The number of ether oxygens (including phenoxy) is 1. The molecule has 0 aromatic carbocycles. The van der Waals surface area contributed by atoms with Crippen LogP contribution in [-0.2, 0) is 14.3 Å². The van der Waals surface area contributed by atoms with Gasteiger partial charge in [-0.1, -0.05) is 59.0 Å². The van der Waals surface area contributed by atoms with E-state index in [0.717, 1.165) is 25.3 Å². The first-order chi connectivity index (χ1) is 10.7. The molecular weight excluding hydrogens is 292 g/mol. The van der Waals surface area contributed by atoms with Crippen LogP contribution in [0.15, 0.2) is 12.7 Å². The number of hydrogen-bond donors (Lipinski definition) is 1. The second-order valence-corrected chi connectivity index (χ2v) is 6.74. The summed E-state index contributed by atoms with van der Waals surface area (Å²) in [5, 5.41) is 8.81. The summed E-state index contributed by atoms with van der Waals surface area (Å²) in [5.74, 6) is -1.11. The van der Waals surface area contributed by atoms with Crippen LogP contribution in [0, 0.1) is 5.92 Å². The van der Waals surface area contributed by atoms with Crippen molar-refractivity contribution in [3.05, 3.63) is 12.7 Å². The third-order valence-electron chi connectivity index (χ3n) is 3.32. The van der Waals surface area contributed by atoms with Gasteiger partial charge in [-0.05, 0) is 33.6 Å². The number of aliphatic carboxylic acids is 1. The highest BCUT2D eigenvalue weighted by Gasteiger charge is 2.13. The smallest absolute Gasteiger partial charge is 0.330 e. The molecule has 1 atom stereocenters. The quantitative estimate of drug-likeness (QED) is 0.333. The molecule has 0 amide bonds. The van der Waals surface area contributed by atoms with Gasteiger partial charge in [-0.25, -0.2) is 4.79 Å². The van der Waals surface area contributed by atoms with E-state index in [9.17, 15) is 9.59 Å². The fourth-order valence-corrected chi connectivity index (χ4v) is 2.02. The van der Waals surface area contributed by atoms with Crippen LogP contribution in [0.5, 0.6) is 0 Å². The van der Waals surface area contributed by atoms with Crippen LogP contribution < -0.4 is 0 Å². The van der Waals surface area contributed by atoms with Gasteiger partial charge in [0.25, 0.3) is 0 Å². The van der Waals surface area contributed by atoms with E-state index >= 15 is 0 Å². The highest BCUT2D eigenvalue weighted by Crippen LogP contribution is 2.15. The van der Waals surface area contributed by atoms with Crippen molar-refractivity contribution in [1.82, 2.24) is 0 Å². The zero-order valence-corrected chi connectivity index (χ0v) is 15.7. The van der Waals surface area contributed by atoms with Crippen LogP contribution >= 0.6 is 0 Å². The molecule has 0 aromatic rings. The molecule has 1 N–H and O–H groups in total. The summed E-state index contributed by atoms with van der Waals surface area (Å²) >= 11 is 0. The van der Waals surface area contributed by atoms with Gasteiger partial charge in [0.15, 0.2) is 0 Å². The van der Waals surface area contributed by atoms with Crippen molar-refractivity contribution in [3.8, 4) is 0 Å². The van der Waals surface area contributed by atoms with Gasteiger partial charge in [-0.2, -0.15) is 0 Å². The third kappa shape index (κ3) is 18.6. The van der Waals surface area contributed by atoms with Crippen molar-refractivity contribution in [1.29, 1.82) is 0 Å². The summed E-state index contributed by atoms with van der Waals surface area (Å²) < 4.78 is 4.83. The predicted molar refractivity (Wildman–Crippen MR) is 95.5 cm³/mol. The van der Waals surface area contributed by atoms with Crippen molar-refractivity contribution in [2.24, 2.45) is 5.92 Å². The Labute approximate surface area is 142 Å². The van der Waals surface area contributed by atoms with E-state index in [-0.39, 0.29) is 11.9 Å². The average molecular weight is 328 g/mol. The molecule has 0 heterocycles. The number of carboxylic acids is 1. The Morgan fingerprint density at radius 3 is 1.96 bits per heavy atom. The van der Waals surface area contributed by atoms with E-state index in [1.807, 2.05) is 27.7 Å². The van der Waals surface area contributed by atoms with Crippen LogP contribution in [0.1, 0.15) is 86.0 Å². The van der Waals surface area contributed by atoms with Crippen molar-refractivity contribution < 1.29 is 19.4 Å². The highest BCUT2D eigenvalue weighted by atomic mass is 16.6. The van der Waals surface area contributed by atoms with E-state index < -0.39 is 11.6 Å². The summed E-state index contributed by atoms with van der Waals surface area (Å²) in [6.45, 7) is 12.9. The lowest BCUT2D eigenvalue weighted by Gasteiger charge is -2.17. The topological polar surface area (TPSA) is 63.6 Å². The number of carbonyl (C=O) groups is 2. The van der Waals surface area contributed by atoms with E-state index in [1.165, 1.54) is 32.1 Å². The van der Waals surface area contributed by atoms with Gasteiger partial charge >= 0.3 is 11.9 Å². The maximum atomic E-state index is 10.7. The van der Waals surface area contributed by atoms with Crippen molar-refractivity contribution in [2.75, 3.05) is 0 Å². The largest absolute Gasteiger partial charge is 0.481 e. The molecule has 0 aliphatic carbocycles. The lowest BCUT2D eigenvalue weighted by Crippen LogP contribution is -2.22. The van der Waals surface area contributed by atoms with Crippen LogP contribution in [0.4, 0.5) is 0 Å². The highest BCUT2D eigenvalue weighted by molar-refractivity contribution is 5.81. The fourth-order valence-electron chi connectivity index (χ4n) is 2.02. The normalized spacial score (nSPS) is 11.9. The maximum absolute atomic E-state index is 10.7. The molecule has 0 saturated heterocycles. The van der Waals surface area contributed by atoms with E-state index in [4.69, 9.17) is 9.84 Å². The first kappa shape index (κ1) is 23.9. The van der Waals surface area contributed by atoms with Gasteiger partial charge < -0.3 is 9.84 Å². The molecule has 0 radical (unpaired) electrons. The minimum Gasteiger partial charge on any atom is -0.481 e. The van der Waals surface area contributed by atoms with Gasteiger partial charge in [-0.3, -0.25) is 4.79 Å². The van der Waals surface area contributed by atoms with Crippen LogP contribution in [0.2, 0.25) is 0 Å². The zero-order valence-electron chi connectivity index (χ0n) is 15.7. The standard InChI is InChI=1S/C12H24O2.C7H12O2/c1-3-5-6-7-8-9-10-11(4-2)12(13)14;1-5-6(8)9-7(2,3)4/h11H,3-10H2,1-2H3,(H,13,14);5H,1H2,2-4H3. The average Bonchev–Trinajstić information content (AvgIpc) is 2.45. The first-order valence-electron chi connectivity index (χ1n) is 8.76. The van der Waals surface area contributed by atoms with Gasteiger partial charge in [0, 0.05) is 6.08 Å². The van der Waals surface area contributed by atoms with E-state index in [2.05, 4.69) is 13.5 Å². The molecule has 0 aliphatic rings. The molecule has 1 unspecified atom stereocenters. The van der Waals surface area contributed by atoms with Crippen molar-refractivity contribution in [2.45, 2.75) is 91.6 Å². The first-order valence-corrected chi connectivity index (χ1v) is 8.76. The second-order valence-electron chi connectivity index (χ2n) is 6.74. The van der Waals surface area contributed by atoms with Crippen LogP contribution in [0.3, 0.4) is 0 Å². The van der Waals surface area contributed by atoms with Crippen molar-refractivity contribution >= 4 is 11.9 Å². The second kappa shape index (κ2) is 14.3. The Kier molecular flexibility index (Phi) is 14.9. The molecule has 0 bridgehead atoms. The molecule has 0 saturated carbocycles. The molecule has 0 rings (SSSR count). The minimum atomic E-state index is -0.624. The third-order valence-corrected chi connectivity index (χ3v) is 3.32. The van der Waals surface area contributed by atoms with Gasteiger partial charge in [0.05, 0.1) is 5.92 Å². The maximum Gasteiger partial charge on any atom is 0.330 e. The predicted octanol–water partition coefficient (Wildman–Crippen LogP) is 5.36. The summed E-state index contributed by atoms with van der Waals surface area (Å²) in [7, 11) is 0. The summed E-state index contributed by atoms with van der Waals surface area (Å²) in [4.78, 5) is 21.2. The van der Waals surface area contributed by atoms with E-state index in [1.54, 1.807) is 0 Å². The minimum absolute atomic E-state index is 0.110. The van der Waals surface area contributed by atoms with Crippen molar-refractivity contribution in [3.63, 3.8) is 0 Å². The molecule has 4 nitrogen and oxygen atoms in total. The molecule has 4 heteroatoms. The molecule has 0 aromatic heterocycles. The van der Waals surface area contributed by atoms with Gasteiger partial charge in [0.2, 0.25) is 0 Å². The van der Waals surface area contributed by atoms with E-state index in [0.29, 0.717) is 0 Å². The monoisotopic (exact) mass is 328 g/mol. The van der Waals surface area contributed by atoms with Gasteiger partial charge in [0.1, 0.15) is 5.60 Å². The Bertz CT molecular complexity index is 329. The Balaban J connectivity index is 0.